The van der Waals surface area contributed by atoms with E-state index >= 15 is 0 Å². The number of dihydropyridines is 1. The van der Waals surface area contributed by atoms with E-state index in [4.69, 9.17) is 9.47 Å². The Balaban J connectivity index is 1.67. The molecule has 0 bridgehead atoms. The molecule has 0 fully saturated rings. The number of nitrogens with one attached hydrogen (secondary N) is 1. The highest BCUT2D eigenvalue weighted by Crippen LogP contribution is 2.45. The van der Waals surface area contributed by atoms with Gasteiger partial charge in [0.15, 0.2) is 5.78 Å². The van der Waals surface area contributed by atoms with Crippen LogP contribution >= 0.6 is 0 Å². The van der Waals surface area contributed by atoms with Crippen molar-refractivity contribution in [1.82, 2.24) is 5.32 Å². The van der Waals surface area contributed by atoms with Crippen LogP contribution in [0.5, 0.6) is 5.75 Å². The van der Waals surface area contributed by atoms with Gasteiger partial charge in [-0.3, -0.25) is 4.79 Å². The van der Waals surface area contributed by atoms with E-state index in [-0.39, 0.29) is 12.4 Å². The monoisotopic (exact) mass is 445 g/mol. The molecule has 1 N–H and O–H groups in total. The van der Waals surface area contributed by atoms with E-state index in [9.17, 15) is 9.59 Å². The van der Waals surface area contributed by atoms with E-state index in [2.05, 4.69) is 12.2 Å². The predicted molar refractivity (Wildman–Crippen MR) is 128 cm³/mol. The quantitative estimate of drug-likeness (QED) is 0.564. The summed E-state index contributed by atoms with van der Waals surface area (Å²) < 4.78 is 11.8. The molecule has 0 saturated heterocycles. The van der Waals surface area contributed by atoms with Gasteiger partial charge in [-0.2, -0.15) is 0 Å². The van der Waals surface area contributed by atoms with Gasteiger partial charge in [-0.15, -0.1) is 0 Å². The highest BCUT2D eigenvalue weighted by Gasteiger charge is 2.40. The first-order valence-corrected chi connectivity index (χ1v) is 11.8. The number of benzene rings is 2. The normalized spacial score (nSPS) is 18.0. The summed E-state index contributed by atoms with van der Waals surface area (Å²) in [6.45, 7) is 4.79. The lowest BCUT2D eigenvalue weighted by Gasteiger charge is -2.34. The van der Waals surface area contributed by atoms with Crippen LogP contribution in [-0.4, -0.2) is 25.0 Å². The third kappa shape index (κ3) is 5.03. The number of esters is 1. The first-order chi connectivity index (χ1) is 16.1. The average Bonchev–Trinajstić information content (AvgIpc) is 2.83. The number of allylic oxidation sites excluding steroid dienone is 3. The topological polar surface area (TPSA) is 64.6 Å². The van der Waals surface area contributed by atoms with Crippen molar-refractivity contribution in [2.75, 3.05) is 13.2 Å². The predicted octanol–water partition coefficient (Wildman–Crippen LogP) is 5.23. The third-order valence-electron chi connectivity index (χ3n) is 6.15. The van der Waals surface area contributed by atoms with Crippen molar-refractivity contribution < 1.29 is 19.1 Å². The highest BCUT2D eigenvalue weighted by molar-refractivity contribution is 6.04. The Hall–Kier alpha value is -3.34. The largest absolute Gasteiger partial charge is 0.493 e. The van der Waals surface area contributed by atoms with Crippen LogP contribution in [0.15, 0.2) is 77.1 Å². The maximum Gasteiger partial charge on any atom is 0.336 e. The molecular weight excluding hydrogens is 414 g/mol. The minimum atomic E-state index is -0.494. The van der Waals surface area contributed by atoms with Crippen LogP contribution in [0.3, 0.4) is 0 Å². The molecular formula is C28H31NO4. The smallest absolute Gasteiger partial charge is 0.336 e. The number of hydrogen-bond donors (Lipinski definition) is 1. The summed E-state index contributed by atoms with van der Waals surface area (Å²) in [5, 5.41) is 3.35. The first-order valence-electron chi connectivity index (χ1n) is 11.8. The maximum atomic E-state index is 13.4. The molecule has 5 nitrogen and oxygen atoms in total. The number of rotatable bonds is 8. The molecule has 2 aromatic carbocycles. The van der Waals surface area contributed by atoms with Gasteiger partial charge >= 0.3 is 5.97 Å². The Labute approximate surface area is 195 Å². The zero-order valence-corrected chi connectivity index (χ0v) is 19.4. The lowest BCUT2D eigenvalue weighted by atomic mass is 9.75. The molecule has 1 heterocycles. The number of Topliss-reactive ketones (excluding diaryl/α,β-unsaturated/α-hetero) is 1. The van der Waals surface area contributed by atoms with Gasteiger partial charge in [0.25, 0.3) is 0 Å². The van der Waals surface area contributed by atoms with Crippen LogP contribution in [0.2, 0.25) is 0 Å². The van der Waals surface area contributed by atoms with Gasteiger partial charge in [0.2, 0.25) is 0 Å². The summed E-state index contributed by atoms with van der Waals surface area (Å²) in [5.74, 6) is -0.0949. The number of para-hydroxylation sites is 1. The van der Waals surface area contributed by atoms with E-state index in [1.54, 1.807) is 0 Å². The van der Waals surface area contributed by atoms with Crippen molar-refractivity contribution in [1.29, 1.82) is 0 Å². The Morgan fingerprint density at radius 2 is 1.79 bits per heavy atom. The van der Waals surface area contributed by atoms with Gasteiger partial charge in [0, 0.05) is 35.4 Å². The second kappa shape index (κ2) is 10.5. The number of ether oxygens (including phenoxy) is 2. The third-order valence-corrected chi connectivity index (χ3v) is 6.15. The van der Waals surface area contributed by atoms with Crippen molar-refractivity contribution in [3.05, 3.63) is 88.3 Å². The fourth-order valence-corrected chi connectivity index (χ4v) is 4.61. The van der Waals surface area contributed by atoms with E-state index < -0.39 is 11.9 Å². The second-order valence-electron chi connectivity index (χ2n) is 8.52. The Kier molecular flexibility index (Phi) is 7.28. The van der Waals surface area contributed by atoms with Crippen molar-refractivity contribution in [2.24, 2.45) is 0 Å². The van der Waals surface area contributed by atoms with Gasteiger partial charge in [0.1, 0.15) is 5.75 Å². The van der Waals surface area contributed by atoms with Gasteiger partial charge in [-0.25, -0.2) is 4.79 Å². The second-order valence-corrected chi connectivity index (χ2v) is 8.52. The summed E-state index contributed by atoms with van der Waals surface area (Å²) in [4.78, 5) is 26.5. The van der Waals surface area contributed by atoms with Crippen LogP contribution < -0.4 is 10.1 Å². The van der Waals surface area contributed by atoms with Gasteiger partial charge in [0.05, 0.1) is 24.7 Å². The van der Waals surface area contributed by atoms with Crippen molar-refractivity contribution in [3.63, 3.8) is 0 Å². The molecule has 172 valence electrons. The van der Waals surface area contributed by atoms with Gasteiger partial charge in [-0.1, -0.05) is 55.5 Å². The summed E-state index contributed by atoms with van der Waals surface area (Å²) in [6.07, 6.45) is 3.61. The van der Waals surface area contributed by atoms with Gasteiger partial charge in [-0.05, 0) is 37.8 Å². The van der Waals surface area contributed by atoms with Crippen LogP contribution in [0.25, 0.3) is 0 Å². The van der Waals surface area contributed by atoms with Crippen molar-refractivity contribution >= 4 is 11.8 Å². The summed E-state index contributed by atoms with van der Waals surface area (Å²) in [7, 11) is 0. The zero-order valence-electron chi connectivity index (χ0n) is 19.4. The van der Waals surface area contributed by atoms with Crippen molar-refractivity contribution in [3.8, 4) is 5.75 Å². The van der Waals surface area contributed by atoms with Crippen LogP contribution in [0.1, 0.15) is 56.6 Å². The summed E-state index contributed by atoms with van der Waals surface area (Å²) in [6, 6.07) is 17.7. The molecule has 0 spiro atoms. The molecule has 0 amide bonds. The Morgan fingerprint density at radius 1 is 1.03 bits per heavy atom. The molecule has 33 heavy (non-hydrogen) atoms. The van der Waals surface area contributed by atoms with Gasteiger partial charge < -0.3 is 14.8 Å². The fraction of sp³-hybridized carbons (Fsp3) is 0.357. The maximum absolute atomic E-state index is 13.4. The molecule has 1 aliphatic carbocycles. The molecule has 5 heteroatoms. The van der Waals surface area contributed by atoms with Crippen LogP contribution in [-0.2, 0) is 20.7 Å². The molecule has 1 aliphatic heterocycles. The molecule has 0 radical (unpaired) electrons. The zero-order chi connectivity index (χ0) is 23.2. The molecule has 2 aliphatic rings. The molecule has 0 saturated carbocycles. The minimum absolute atomic E-state index is 0.0844. The minimum Gasteiger partial charge on any atom is -0.493 e. The van der Waals surface area contributed by atoms with Crippen LogP contribution in [0, 0.1) is 0 Å². The molecule has 4 rings (SSSR count). The number of ketones is 1. The molecule has 0 aromatic heterocycles. The summed E-state index contributed by atoms with van der Waals surface area (Å²) in [5.41, 5.74) is 4.77. The van der Waals surface area contributed by atoms with E-state index in [1.807, 2.05) is 61.5 Å². The highest BCUT2D eigenvalue weighted by atomic mass is 16.5. The number of carbonyl (C=O) groups is 2. The molecule has 0 unspecified atom stereocenters. The lowest BCUT2D eigenvalue weighted by molar-refractivity contribution is -0.139. The van der Waals surface area contributed by atoms with Crippen molar-refractivity contribution in [2.45, 2.75) is 51.9 Å². The lowest BCUT2D eigenvalue weighted by Crippen LogP contribution is -2.34. The number of hydrogen-bond acceptors (Lipinski definition) is 5. The number of carbonyl (C=O) groups excluding carboxylic acids is 2. The Bertz CT molecular complexity index is 1080. The van der Waals surface area contributed by atoms with E-state index in [0.29, 0.717) is 36.3 Å². The standard InChI is InChI=1S/C28H31NO4/c1-3-17-32-24-15-8-7-12-21(24)26-25(19(2)29-22-13-9-14-23(30)27(22)26)28(31)33-18-16-20-10-5-4-6-11-20/h4-8,10-12,15,26,29H,3,9,13-14,16-18H2,1-2H3/t26-/m1/s1. The Morgan fingerprint density at radius 3 is 2.58 bits per heavy atom. The fourth-order valence-electron chi connectivity index (χ4n) is 4.61. The van der Waals surface area contributed by atoms with E-state index in [0.717, 1.165) is 41.8 Å². The SMILES string of the molecule is CCCOc1ccccc1[C@@H]1C(C(=O)OCCc2ccccc2)=C(C)NC2=C1C(=O)CCC2. The van der Waals surface area contributed by atoms with Crippen LogP contribution in [0.4, 0.5) is 0 Å². The summed E-state index contributed by atoms with van der Waals surface area (Å²) >= 11 is 0. The average molecular weight is 446 g/mol. The molecule has 2 aromatic rings. The molecule has 1 atom stereocenters. The first kappa shape index (κ1) is 22.8. The van der Waals surface area contributed by atoms with E-state index in [1.165, 1.54) is 0 Å².